The molecule has 16 heavy (non-hydrogen) atoms. The monoisotopic (exact) mass is 248 g/mol. The smallest absolute Gasteiger partial charge is 0.320 e. The molecule has 1 rings (SSSR count). The standard InChI is InChI=1S/C7H12N4O4S/c1-2-11-5-8-10-6(11)3-9-16(14,15)4-7(12)13/h5,9H,2-4H2,1H3,(H,12,13). The zero-order valence-corrected chi connectivity index (χ0v) is 9.44. The molecule has 1 aromatic heterocycles. The van der Waals surface area contributed by atoms with Crippen LogP contribution in [-0.4, -0.2) is 40.0 Å². The summed E-state index contributed by atoms with van der Waals surface area (Å²) in [6.07, 6.45) is 1.47. The molecular formula is C7H12N4O4S. The minimum absolute atomic E-state index is 0.0660. The Hall–Kier alpha value is -1.48. The van der Waals surface area contributed by atoms with Crippen LogP contribution in [0.2, 0.25) is 0 Å². The quantitative estimate of drug-likeness (QED) is 0.653. The van der Waals surface area contributed by atoms with Crippen molar-refractivity contribution in [2.45, 2.75) is 20.0 Å². The van der Waals surface area contributed by atoms with Gasteiger partial charge in [-0.1, -0.05) is 0 Å². The maximum Gasteiger partial charge on any atom is 0.320 e. The van der Waals surface area contributed by atoms with Crippen LogP contribution < -0.4 is 4.72 Å². The predicted molar refractivity (Wildman–Crippen MR) is 54.0 cm³/mol. The molecule has 0 aliphatic heterocycles. The van der Waals surface area contributed by atoms with E-state index in [9.17, 15) is 13.2 Å². The van der Waals surface area contributed by atoms with E-state index in [-0.39, 0.29) is 6.54 Å². The lowest BCUT2D eigenvalue weighted by Gasteiger charge is -2.05. The number of nitrogens with zero attached hydrogens (tertiary/aromatic N) is 3. The van der Waals surface area contributed by atoms with Gasteiger partial charge in [-0.25, -0.2) is 13.1 Å². The first kappa shape index (κ1) is 12.6. The van der Waals surface area contributed by atoms with Crippen molar-refractivity contribution in [1.82, 2.24) is 19.5 Å². The van der Waals surface area contributed by atoms with Gasteiger partial charge in [-0.15, -0.1) is 10.2 Å². The number of carboxylic acid groups (broad SMARTS) is 1. The van der Waals surface area contributed by atoms with Gasteiger partial charge in [0.25, 0.3) is 0 Å². The molecule has 0 aliphatic rings. The minimum atomic E-state index is -3.81. The maximum absolute atomic E-state index is 11.2. The first-order valence-electron chi connectivity index (χ1n) is 4.50. The van der Waals surface area contributed by atoms with Crippen LogP contribution in [0.4, 0.5) is 0 Å². The fourth-order valence-corrected chi connectivity index (χ4v) is 1.84. The number of aromatic nitrogens is 3. The highest BCUT2D eigenvalue weighted by Crippen LogP contribution is 1.95. The van der Waals surface area contributed by atoms with Crippen LogP contribution >= 0.6 is 0 Å². The van der Waals surface area contributed by atoms with Gasteiger partial charge in [-0.2, -0.15) is 0 Å². The Bertz CT molecular complexity index is 466. The summed E-state index contributed by atoms with van der Waals surface area (Å²) in [7, 11) is -3.81. The fraction of sp³-hybridized carbons (Fsp3) is 0.571. The van der Waals surface area contributed by atoms with Crippen molar-refractivity contribution in [2.75, 3.05) is 5.75 Å². The Morgan fingerprint density at radius 2 is 2.31 bits per heavy atom. The molecule has 0 unspecified atom stereocenters. The molecular weight excluding hydrogens is 236 g/mol. The third-order valence-electron chi connectivity index (χ3n) is 1.80. The van der Waals surface area contributed by atoms with Gasteiger partial charge in [0, 0.05) is 6.54 Å². The lowest BCUT2D eigenvalue weighted by atomic mass is 10.6. The summed E-state index contributed by atoms with van der Waals surface area (Å²) in [6.45, 7) is 2.41. The number of aryl methyl sites for hydroxylation is 1. The summed E-state index contributed by atoms with van der Waals surface area (Å²) < 4.78 is 26.2. The van der Waals surface area contributed by atoms with E-state index in [4.69, 9.17) is 5.11 Å². The van der Waals surface area contributed by atoms with Crippen LogP contribution in [0.3, 0.4) is 0 Å². The highest BCUT2D eigenvalue weighted by molar-refractivity contribution is 7.90. The third kappa shape index (κ3) is 3.59. The molecule has 0 bridgehead atoms. The molecule has 9 heteroatoms. The molecule has 0 aromatic carbocycles. The summed E-state index contributed by atoms with van der Waals surface area (Å²) in [5, 5.41) is 15.7. The van der Waals surface area contributed by atoms with Crippen LogP contribution in [0.25, 0.3) is 0 Å². The van der Waals surface area contributed by atoms with Gasteiger partial charge < -0.3 is 9.67 Å². The van der Waals surface area contributed by atoms with Crippen molar-refractivity contribution in [3.8, 4) is 0 Å². The molecule has 0 spiro atoms. The van der Waals surface area contributed by atoms with Crippen molar-refractivity contribution >= 4 is 16.0 Å². The lowest BCUT2D eigenvalue weighted by Crippen LogP contribution is -2.30. The number of nitrogens with one attached hydrogen (secondary N) is 1. The number of carbonyl (C=O) groups is 1. The molecule has 90 valence electrons. The average Bonchev–Trinajstić information content (AvgIpc) is 2.59. The number of aliphatic carboxylic acids is 1. The third-order valence-corrected chi connectivity index (χ3v) is 3.01. The Kier molecular flexibility index (Phi) is 3.96. The molecule has 0 atom stereocenters. The van der Waals surface area contributed by atoms with Gasteiger partial charge in [0.15, 0.2) is 5.75 Å². The van der Waals surface area contributed by atoms with Gasteiger partial charge in [0.2, 0.25) is 10.0 Å². The number of rotatable bonds is 6. The van der Waals surface area contributed by atoms with E-state index < -0.39 is 21.7 Å². The van der Waals surface area contributed by atoms with E-state index in [1.807, 2.05) is 6.92 Å². The molecule has 0 radical (unpaired) electrons. The van der Waals surface area contributed by atoms with Gasteiger partial charge in [0.05, 0.1) is 6.54 Å². The summed E-state index contributed by atoms with van der Waals surface area (Å²) in [6, 6.07) is 0. The minimum Gasteiger partial charge on any atom is -0.480 e. The molecule has 0 fully saturated rings. The molecule has 0 amide bonds. The van der Waals surface area contributed by atoms with Crippen molar-refractivity contribution in [1.29, 1.82) is 0 Å². The molecule has 8 nitrogen and oxygen atoms in total. The van der Waals surface area contributed by atoms with E-state index >= 15 is 0 Å². The zero-order valence-electron chi connectivity index (χ0n) is 8.62. The molecule has 0 saturated carbocycles. The number of hydrogen-bond donors (Lipinski definition) is 2. The first-order valence-corrected chi connectivity index (χ1v) is 6.15. The van der Waals surface area contributed by atoms with Gasteiger partial charge in [-0.3, -0.25) is 4.79 Å². The Balaban J connectivity index is 2.61. The highest BCUT2D eigenvalue weighted by Gasteiger charge is 2.16. The molecule has 1 heterocycles. The topological polar surface area (TPSA) is 114 Å². The van der Waals surface area contributed by atoms with E-state index in [0.29, 0.717) is 12.4 Å². The largest absolute Gasteiger partial charge is 0.480 e. The Morgan fingerprint density at radius 1 is 1.62 bits per heavy atom. The highest BCUT2D eigenvalue weighted by atomic mass is 32.2. The van der Waals surface area contributed by atoms with Crippen molar-refractivity contribution in [2.24, 2.45) is 0 Å². The molecule has 2 N–H and O–H groups in total. The van der Waals surface area contributed by atoms with Crippen LogP contribution in [-0.2, 0) is 27.9 Å². The first-order chi connectivity index (χ1) is 7.44. The fourth-order valence-electron chi connectivity index (χ4n) is 1.07. The molecule has 0 saturated heterocycles. The SMILES string of the molecule is CCn1cnnc1CNS(=O)(=O)CC(=O)O. The van der Waals surface area contributed by atoms with E-state index in [0.717, 1.165) is 0 Å². The van der Waals surface area contributed by atoms with Crippen LogP contribution in [0.15, 0.2) is 6.33 Å². The van der Waals surface area contributed by atoms with E-state index in [1.165, 1.54) is 6.33 Å². The maximum atomic E-state index is 11.2. The lowest BCUT2D eigenvalue weighted by molar-refractivity contribution is -0.134. The van der Waals surface area contributed by atoms with Crippen molar-refractivity contribution < 1.29 is 18.3 Å². The summed E-state index contributed by atoms with van der Waals surface area (Å²) >= 11 is 0. The van der Waals surface area contributed by atoms with Crippen molar-refractivity contribution in [3.63, 3.8) is 0 Å². The zero-order chi connectivity index (χ0) is 12.2. The number of carboxylic acids is 1. The Morgan fingerprint density at radius 3 is 2.88 bits per heavy atom. The Labute approximate surface area is 92.3 Å². The number of sulfonamides is 1. The van der Waals surface area contributed by atoms with Gasteiger partial charge in [-0.05, 0) is 6.92 Å². The van der Waals surface area contributed by atoms with Crippen LogP contribution in [0, 0.1) is 0 Å². The van der Waals surface area contributed by atoms with Gasteiger partial charge >= 0.3 is 5.97 Å². The van der Waals surface area contributed by atoms with Crippen LogP contribution in [0.1, 0.15) is 12.7 Å². The summed E-state index contributed by atoms with van der Waals surface area (Å²) in [4.78, 5) is 10.2. The second-order valence-corrected chi connectivity index (χ2v) is 4.81. The summed E-state index contributed by atoms with van der Waals surface area (Å²) in [5.41, 5.74) is 0. The molecule has 0 aliphatic carbocycles. The van der Waals surface area contributed by atoms with Crippen molar-refractivity contribution in [3.05, 3.63) is 12.2 Å². The second-order valence-electron chi connectivity index (χ2n) is 3.01. The van der Waals surface area contributed by atoms with E-state index in [1.54, 1.807) is 4.57 Å². The van der Waals surface area contributed by atoms with Crippen LogP contribution in [0.5, 0.6) is 0 Å². The predicted octanol–water partition coefficient (Wildman–Crippen LogP) is -1.20. The molecule has 1 aromatic rings. The normalized spacial score (nSPS) is 11.6. The average molecular weight is 248 g/mol. The summed E-state index contributed by atoms with van der Waals surface area (Å²) in [5.74, 6) is -1.91. The van der Waals surface area contributed by atoms with Gasteiger partial charge in [0.1, 0.15) is 12.2 Å². The second kappa shape index (κ2) is 5.03. The number of hydrogen-bond acceptors (Lipinski definition) is 5. The van der Waals surface area contributed by atoms with E-state index in [2.05, 4.69) is 14.9 Å².